The van der Waals surface area contributed by atoms with Crippen molar-refractivity contribution in [1.82, 2.24) is 14.5 Å². The lowest BCUT2D eigenvalue weighted by Crippen LogP contribution is -2.10. The van der Waals surface area contributed by atoms with Gasteiger partial charge in [0.1, 0.15) is 29.3 Å². The molecule has 0 saturated heterocycles. The van der Waals surface area contributed by atoms with Crippen molar-refractivity contribution in [1.29, 1.82) is 0 Å². The van der Waals surface area contributed by atoms with Crippen LogP contribution in [0.5, 0.6) is 11.5 Å². The van der Waals surface area contributed by atoms with E-state index in [1.165, 1.54) is 11.6 Å². The van der Waals surface area contributed by atoms with E-state index >= 15 is 0 Å². The molecule has 0 fully saturated rings. The van der Waals surface area contributed by atoms with Crippen LogP contribution in [0.15, 0.2) is 85.7 Å². The van der Waals surface area contributed by atoms with E-state index in [9.17, 15) is 4.79 Å². The van der Waals surface area contributed by atoms with Gasteiger partial charge >= 0.3 is 0 Å². The molecule has 1 aliphatic rings. The zero-order valence-corrected chi connectivity index (χ0v) is 21.3. The summed E-state index contributed by atoms with van der Waals surface area (Å²) in [5.41, 5.74) is 8.14. The molecule has 0 spiro atoms. The summed E-state index contributed by atoms with van der Waals surface area (Å²) in [6.45, 7) is 6.32. The number of aromatic nitrogens is 3. The SMILES string of the molecule is C=CC(=O)Nc1ccc(-c2c3c4c(ncnc4n2C)NCCc2cc(Oc4cccc(C)c4)ccc2-3)cc1. The fraction of sp³-hybridized carbons (Fsp3) is 0.129. The Balaban J connectivity index is 1.50. The first-order valence-electron chi connectivity index (χ1n) is 12.5. The van der Waals surface area contributed by atoms with Gasteiger partial charge in [-0.05, 0) is 78.1 Å². The highest BCUT2D eigenvalue weighted by Gasteiger charge is 2.25. The van der Waals surface area contributed by atoms with Gasteiger partial charge in [-0.15, -0.1) is 0 Å². The zero-order valence-electron chi connectivity index (χ0n) is 21.3. The Hall–Kier alpha value is -4.91. The maximum atomic E-state index is 11.8. The molecule has 3 aromatic carbocycles. The molecule has 6 rings (SSSR count). The molecule has 7 nitrogen and oxygen atoms in total. The quantitative estimate of drug-likeness (QED) is 0.269. The first-order chi connectivity index (χ1) is 18.5. The second kappa shape index (κ2) is 9.52. The van der Waals surface area contributed by atoms with E-state index in [0.29, 0.717) is 5.69 Å². The molecule has 0 radical (unpaired) electrons. The number of rotatable bonds is 5. The molecule has 0 bridgehead atoms. The molecule has 3 heterocycles. The summed E-state index contributed by atoms with van der Waals surface area (Å²) in [4.78, 5) is 21.0. The van der Waals surface area contributed by atoms with Gasteiger partial charge in [-0.2, -0.15) is 0 Å². The summed E-state index contributed by atoms with van der Waals surface area (Å²) in [6.07, 6.45) is 3.68. The maximum Gasteiger partial charge on any atom is 0.247 e. The van der Waals surface area contributed by atoms with Crippen molar-refractivity contribution < 1.29 is 9.53 Å². The molecule has 188 valence electrons. The van der Waals surface area contributed by atoms with Crippen molar-refractivity contribution in [3.05, 3.63) is 96.8 Å². The second-order valence-electron chi connectivity index (χ2n) is 9.39. The summed E-state index contributed by atoms with van der Waals surface area (Å²) >= 11 is 0. The largest absolute Gasteiger partial charge is 0.457 e. The van der Waals surface area contributed by atoms with E-state index in [4.69, 9.17) is 4.74 Å². The number of ether oxygens (including phenoxy) is 1. The predicted molar refractivity (Wildman–Crippen MR) is 152 cm³/mol. The Morgan fingerprint density at radius 1 is 1.08 bits per heavy atom. The molecule has 0 saturated carbocycles. The highest BCUT2D eigenvalue weighted by molar-refractivity contribution is 6.09. The molecule has 0 unspecified atom stereocenters. The third-order valence-electron chi connectivity index (χ3n) is 6.84. The van der Waals surface area contributed by atoms with Crippen LogP contribution in [0.2, 0.25) is 0 Å². The van der Waals surface area contributed by atoms with Crippen molar-refractivity contribution in [3.63, 3.8) is 0 Å². The Labute approximate surface area is 220 Å². The summed E-state index contributed by atoms with van der Waals surface area (Å²) in [6, 6.07) is 22.2. The lowest BCUT2D eigenvalue weighted by atomic mass is 9.92. The van der Waals surface area contributed by atoms with E-state index in [1.807, 2.05) is 55.6 Å². The topological polar surface area (TPSA) is 81.1 Å². The number of anilines is 2. The van der Waals surface area contributed by atoms with Gasteiger partial charge in [0.2, 0.25) is 5.91 Å². The van der Waals surface area contributed by atoms with Crippen LogP contribution >= 0.6 is 0 Å². The van der Waals surface area contributed by atoms with Crippen molar-refractivity contribution >= 4 is 28.4 Å². The van der Waals surface area contributed by atoms with Crippen molar-refractivity contribution in [2.45, 2.75) is 13.3 Å². The van der Waals surface area contributed by atoms with Gasteiger partial charge in [0.15, 0.2) is 0 Å². The van der Waals surface area contributed by atoms with Crippen LogP contribution in [-0.2, 0) is 18.3 Å². The first kappa shape index (κ1) is 23.5. The summed E-state index contributed by atoms with van der Waals surface area (Å²) in [5, 5.41) is 7.32. The zero-order chi connectivity index (χ0) is 26.2. The monoisotopic (exact) mass is 501 g/mol. The minimum absolute atomic E-state index is 0.242. The molecular weight excluding hydrogens is 474 g/mol. The van der Waals surface area contributed by atoms with Crippen LogP contribution in [0.4, 0.5) is 11.5 Å². The third kappa shape index (κ3) is 4.18. The summed E-state index contributed by atoms with van der Waals surface area (Å²) in [7, 11) is 2.03. The molecule has 38 heavy (non-hydrogen) atoms. The van der Waals surface area contributed by atoms with Crippen molar-refractivity contribution in [2.75, 3.05) is 17.2 Å². The number of amides is 1. The van der Waals surface area contributed by atoms with E-state index in [1.54, 1.807) is 6.33 Å². The number of nitrogens with one attached hydrogen (secondary N) is 2. The summed E-state index contributed by atoms with van der Waals surface area (Å²) in [5.74, 6) is 2.20. The lowest BCUT2D eigenvalue weighted by Gasteiger charge is -2.18. The Bertz CT molecular complexity index is 1700. The number of nitrogens with zero attached hydrogens (tertiary/aromatic N) is 3. The van der Waals surface area contributed by atoms with Crippen LogP contribution in [-0.4, -0.2) is 27.0 Å². The van der Waals surface area contributed by atoms with Crippen molar-refractivity contribution in [2.24, 2.45) is 7.05 Å². The average Bonchev–Trinajstić information content (AvgIpc) is 3.21. The number of hydrogen-bond acceptors (Lipinski definition) is 5. The standard InChI is InChI=1S/C31H27N5O2/c1-4-26(37)35-22-10-8-20(9-11-22)29-27-25-13-12-24(38-23-7-5-6-19(2)16-23)17-21(25)14-15-32-30-28(27)31(36(29)3)34-18-33-30/h4-13,16-18H,1,14-15H2,2-3H3,(H,35,37)(H,32,33,34). The van der Waals surface area contributed by atoms with Crippen LogP contribution in [0.1, 0.15) is 11.1 Å². The number of aryl methyl sites for hydroxylation is 2. The van der Waals surface area contributed by atoms with Crippen LogP contribution in [0, 0.1) is 6.92 Å². The van der Waals surface area contributed by atoms with E-state index in [2.05, 4.69) is 56.9 Å². The van der Waals surface area contributed by atoms with E-state index < -0.39 is 0 Å². The molecule has 0 atom stereocenters. The molecule has 7 heteroatoms. The van der Waals surface area contributed by atoms with Gasteiger partial charge < -0.3 is 19.9 Å². The number of carbonyl (C=O) groups excluding carboxylic acids is 1. The van der Waals surface area contributed by atoms with Gasteiger partial charge in [-0.1, -0.05) is 36.9 Å². The van der Waals surface area contributed by atoms with Crippen molar-refractivity contribution in [3.8, 4) is 33.9 Å². The van der Waals surface area contributed by atoms with E-state index in [0.717, 1.165) is 69.3 Å². The number of hydrogen-bond donors (Lipinski definition) is 2. The molecule has 1 aliphatic heterocycles. The minimum Gasteiger partial charge on any atom is -0.457 e. The summed E-state index contributed by atoms with van der Waals surface area (Å²) < 4.78 is 8.33. The molecular formula is C31H27N5O2. The van der Waals surface area contributed by atoms with Gasteiger partial charge in [-0.3, -0.25) is 4.79 Å². The molecule has 0 aliphatic carbocycles. The Morgan fingerprint density at radius 2 is 1.89 bits per heavy atom. The fourth-order valence-electron chi connectivity index (χ4n) is 5.11. The van der Waals surface area contributed by atoms with Crippen LogP contribution in [0.3, 0.4) is 0 Å². The van der Waals surface area contributed by atoms with Gasteiger partial charge in [0, 0.05) is 24.8 Å². The molecule has 2 aromatic heterocycles. The molecule has 1 amide bonds. The number of carbonyl (C=O) groups is 1. The van der Waals surface area contributed by atoms with E-state index in [-0.39, 0.29) is 5.91 Å². The highest BCUT2D eigenvalue weighted by Crippen LogP contribution is 2.45. The van der Waals surface area contributed by atoms with Crippen LogP contribution < -0.4 is 15.4 Å². The second-order valence-corrected chi connectivity index (χ2v) is 9.39. The molecule has 5 aromatic rings. The smallest absolute Gasteiger partial charge is 0.247 e. The number of benzene rings is 3. The van der Waals surface area contributed by atoms with Gasteiger partial charge in [0.05, 0.1) is 11.1 Å². The van der Waals surface area contributed by atoms with Gasteiger partial charge in [0.25, 0.3) is 0 Å². The maximum absolute atomic E-state index is 11.8. The normalized spacial score (nSPS) is 12.2. The van der Waals surface area contributed by atoms with Crippen LogP contribution in [0.25, 0.3) is 33.4 Å². The minimum atomic E-state index is -0.242. The molecule has 2 N–H and O–H groups in total. The lowest BCUT2D eigenvalue weighted by molar-refractivity contribution is -0.111. The number of fused-ring (bicyclic) bond motifs is 2. The predicted octanol–water partition coefficient (Wildman–Crippen LogP) is 6.50. The Kier molecular flexibility index (Phi) is 5.88. The Morgan fingerprint density at radius 3 is 2.68 bits per heavy atom. The van der Waals surface area contributed by atoms with Gasteiger partial charge in [-0.25, -0.2) is 9.97 Å². The highest BCUT2D eigenvalue weighted by atomic mass is 16.5. The average molecular weight is 502 g/mol. The fourth-order valence-corrected chi connectivity index (χ4v) is 5.11. The third-order valence-corrected chi connectivity index (χ3v) is 6.84. The first-order valence-corrected chi connectivity index (χ1v) is 12.5.